The second-order valence-electron chi connectivity index (χ2n) is 6.66. The molecule has 0 aliphatic rings. The number of hydrogen-bond acceptors (Lipinski definition) is 3. The monoisotopic (exact) mass is 357 g/mol. The van der Waals surface area contributed by atoms with Crippen LogP contribution in [0.1, 0.15) is 46.8 Å². The highest BCUT2D eigenvalue weighted by Gasteiger charge is 2.12. The highest BCUT2D eigenvalue weighted by molar-refractivity contribution is 5.96. The molecule has 0 aliphatic heterocycles. The lowest BCUT2D eigenvalue weighted by Gasteiger charge is -2.07. The molecular formula is C24H23NO2. The van der Waals surface area contributed by atoms with Crippen molar-refractivity contribution in [3.8, 4) is 0 Å². The van der Waals surface area contributed by atoms with Crippen molar-refractivity contribution < 1.29 is 9.53 Å². The van der Waals surface area contributed by atoms with Gasteiger partial charge >= 0.3 is 5.97 Å². The van der Waals surface area contributed by atoms with Crippen LogP contribution in [0.2, 0.25) is 0 Å². The number of para-hydroxylation sites is 1. The summed E-state index contributed by atoms with van der Waals surface area (Å²) < 4.78 is 5.44. The molecule has 3 aromatic carbocycles. The van der Waals surface area contributed by atoms with E-state index in [1.165, 1.54) is 5.56 Å². The molecule has 0 saturated heterocycles. The minimum absolute atomic E-state index is 0.244. The number of nitrogens with zero attached hydrogens (tertiary/aromatic N) is 1. The Morgan fingerprint density at radius 2 is 1.59 bits per heavy atom. The van der Waals surface area contributed by atoms with E-state index in [1.54, 1.807) is 12.3 Å². The fourth-order valence-electron chi connectivity index (χ4n) is 2.67. The van der Waals surface area contributed by atoms with Crippen LogP contribution < -0.4 is 0 Å². The van der Waals surface area contributed by atoms with Crippen molar-refractivity contribution >= 4 is 17.9 Å². The summed E-state index contributed by atoms with van der Waals surface area (Å²) in [6.45, 7) is 4.58. The molecule has 0 bridgehead atoms. The van der Waals surface area contributed by atoms with Gasteiger partial charge in [-0.25, -0.2) is 4.79 Å². The number of esters is 1. The van der Waals surface area contributed by atoms with Crippen LogP contribution in [0.25, 0.3) is 0 Å². The summed E-state index contributed by atoms with van der Waals surface area (Å²) in [4.78, 5) is 17.0. The first-order chi connectivity index (χ1) is 13.1. The second kappa shape index (κ2) is 8.95. The summed E-state index contributed by atoms with van der Waals surface area (Å²) in [5, 5.41) is 0. The number of aliphatic imine (C=N–C) groups is 1. The number of carbonyl (C=O) groups excluding carboxylic acids is 1. The van der Waals surface area contributed by atoms with Crippen LogP contribution in [0, 0.1) is 0 Å². The number of benzene rings is 3. The smallest absolute Gasteiger partial charge is 0.340 e. The van der Waals surface area contributed by atoms with Gasteiger partial charge in [-0.3, -0.25) is 4.99 Å². The first kappa shape index (κ1) is 18.6. The molecule has 3 aromatic rings. The fourth-order valence-corrected chi connectivity index (χ4v) is 2.67. The van der Waals surface area contributed by atoms with Crippen molar-refractivity contribution in [2.75, 3.05) is 0 Å². The molecular weight excluding hydrogens is 334 g/mol. The van der Waals surface area contributed by atoms with Crippen LogP contribution in [-0.4, -0.2) is 12.2 Å². The van der Waals surface area contributed by atoms with Crippen LogP contribution in [0.5, 0.6) is 0 Å². The standard InChI is InChI=1S/C24H23NO2/c1-18(2)21-14-12-19(13-15-21)16-25-23-11-7-6-10-22(23)24(26)27-17-20-8-4-3-5-9-20/h3-16,18H,17H2,1-2H3. The van der Waals surface area contributed by atoms with Gasteiger partial charge in [0.25, 0.3) is 0 Å². The van der Waals surface area contributed by atoms with Gasteiger partial charge in [-0.15, -0.1) is 0 Å². The van der Waals surface area contributed by atoms with Gasteiger partial charge in [0.1, 0.15) is 6.61 Å². The van der Waals surface area contributed by atoms with Gasteiger partial charge < -0.3 is 4.74 Å². The van der Waals surface area contributed by atoms with Crippen LogP contribution >= 0.6 is 0 Å². The Balaban J connectivity index is 1.72. The summed E-state index contributed by atoms with van der Waals surface area (Å²) >= 11 is 0. The van der Waals surface area contributed by atoms with Crippen LogP contribution in [0.15, 0.2) is 83.9 Å². The fraction of sp³-hybridized carbons (Fsp3) is 0.167. The van der Waals surface area contributed by atoms with Crippen molar-refractivity contribution in [1.82, 2.24) is 0 Å². The average Bonchev–Trinajstić information content (AvgIpc) is 2.71. The molecule has 0 aromatic heterocycles. The first-order valence-corrected chi connectivity index (χ1v) is 9.07. The zero-order valence-corrected chi connectivity index (χ0v) is 15.6. The Kier molecular flexibility index (Phi) is 6.16. The minimum Gasteiger partial charge on any atom is -0.457 e. The van der Waals surface area contributed by atoms with Crippen LogP contribution in [0.4, 0.5) is 5.69 Å². The van der Waals surface area contributed by atoms with Crippen molar-refractivity contribution in [2.45, 2.75) is 26.4 Å². The van der Waals surface area contributed by atoms with Gasteiger partial charge in [0.05, 0.1) is 11.3 Å². The van der Waals surface area contributed by atoms with E-state index in [4.69, 9.17) is 4.74 Å². The lowest BCUT2D eigenvalue weighted by molar-refractivity contribution is 0.0474. The zero-order chi connectivity index (χ0) is 19.1. The largest absolute Gasteiger partial charge is 0.457 e. The molecule has 0 spiro atoms. The lowest BCUT2D eigenvalue weighted by atomic mass is 10.0. The van der Waals surface area contributed by atoms with E-state index in [0.717, 1.165) is 11.1 Å². The molecule has 3 rings (SSSR count). The Bertz CT molecular complexity index is 913. The Labute approximate surface area is 160 Å². The third-order valence-corrected chi connectivity index (χ3v) is 4.29. The summed E-state index contributed by atoms with van der Waals surface area (Å²) in [6.07, 6.45) is 1.77. The Morgan fingerprint density at radius 3 is 2.30 bits per heavy atom. The molecule has 0 saturated carbocycles. The number of carbonyl (C=O) groups is 1. The molecule has 0 unspecified atom stereocenters. The third-order valence-electron chi connectivity index (χ3n) is 4.29. The first-order valence-electron chi connectivity index (χ1n) is 9.07. The van der Waals surface area contributed by atoms with Crippen molar-refractivity contribution in [2.24, 2.45) is 4.99 Å². The summed E-state index contributed by atoms with van der Waals surface area (Å²) in [5.74, 6) is 0.123. The molecule has 27 heavy (non-hydrogen) atoms. The van der Waals surface area contributed by atoms with E-state index in [0.29, 0.717) is 17.2 Å². The molecule has 0 amide bonds. The number of ether oxygens (including phenoxy) is 1. The van der Waals surface area contributed by atoms with E-state index >= 15 is 0 Å². The minimum atomic E-state index is -0.373. The predicted molar refractivity (Wildman–Crippen MR) is 110 cm³/mol. The van der Waals surface area contributed by atoms with E-state index in [-0.39, 0.29) is 12.6 Å². The molecule has 3 nitrogen and oxygen atoms in total. The van der Waals surface area contributed by atoms with E-state index < -0.39 is 0 Å². The molecule has 0 N–H and O–H groups in total. The maximum atomic E-state index is 12.5. The molecule has 0 radical (unpaired) electrons. The zero-order valence-electron chi connectivity index (χ0n) is 15.6. The predicted octanol–water partition coefficient (Wildman–Crippen LogP) is 5.92. The van der Waals surface area contributed by atoms with E-state index in [1.807, 2.05) is 60.7 Å². The SMILES string of the molecule is CC(C)c1ccc(C=Nc2ccccc2C(=O)OCc2ccccc2)cc1. The number of hydrogen-bond donors (Lipinski definition) is 0. The van der Waals surface area contributed by atoms with Crippen LogP contribution in [-0.2, 0) is 11.3 Å². The second-order valence-corrected chi connectivity index (χ2v) is 6.66. The van der Waals surface area contributed by atoms with Gasteiger partial charge in [-0.1, -0.05) is 80.6 Å². The average molecular weight is 357 g/mol. The summed E-state index contributed by atoms with van der Waals surface area (Å²) in [5.41, 5.74) is 4.30. The van der Waals surface area contributed by atoms with Crippen molar-refractivity contribution in [3.05, 3.63) is 101 Å². The molecule has 0 fully saturated rings. The van der Waals surface area contributed by atoms with Crippen LogP contribution in [0.3, 0.4) is 0 Å². The third kappa shape index (κ3) is 5.14. The summed E-state index contributed by atoms with van der Waals surface area (Å²) in [7, 11) is 0. The van der Waals surface area contributed by atoms with Gasteiger partial charge in [0.2, 0.25) is 0 Å². The van der Waals surface area contributed by atoms with Gasteiger partial charge in [-0.05, 0) is 34.7 Å². The Hall–Kier alpha value is -3.20. The molecule has 0 heterocycles. The quantitative estimate of drug-likeness (QED) is 0.406. The Morgan fingerprint density at radius 1 is 0.926 bits per heavy atom. The molecule has 136 valence electrons. The number of rotatable bonds is 6. The summed E-state index contributed by atoms with van der Waals surface area (Å²) in [6, 6.07) is 25.2. The van der Waals surface area contributed by atoms with Crippen molar-refractivity contribution in [3.63, 3.8) is 0 Å². The van der Waals surface area contributed by atoms with Crippen molar-refractivity contribution in [1.29, 1.82) is 0 Å². The van der Waals surface area contributed by atoms with Gasteiger partial charge in [0, 0.05) is 6.21 Å². The molecule has 0 aliphatic carbocycles. The van der Waals surface area contributed by atoms with Gasteiger partial charge in [-0.2, -0.15) is 0 Å². The normalized spacial score (nSPS) is 11.1. The maximum Gasteiger partial charge on any atom is 0.340 e. The molecule has 0 atom stereocenters. The highest BCUT2D eigenvalue weighted by Crippen LogP contribution is 2.21. The lowest BCUT2D eigenvalue weighted by Crippen LogP contribution is -2.05. The highest BCUT2D eigenvalue weighted by atomic mass is 16.5. The molecule has 3 heteroatoms. The van der Waals surface area contributed by atoms with E-state index in [9.17, 15) is 4.79 Å². The topological polar surface area (TPSA) is 38.7 Å². The van der Waals surface area contributed by atoms with Gasteiger partial charge in [0.15, 0.2) is 0 Å². The van der Waals surface area contributed by atoms with E-state index in [2.05, 4.69) is 31.0 Å². The maximum absolute atomic E-state index is 12.5.